The highest BCUT2D eigenvalue weighted by molar-refractivity contribution is 5.07. The van der Waals surface area contributed by atoms with Crippen LogP contribution < -0.4 is 0 Å². The van der Waals surface area contributed by atoms with Crippen molar-refractivity contribution in [2.45, 2.75) is 83.3 Å². The summed E-state index contributed by atoms with van der Waals surface area (Å²) >= 11 is 0. The lowest BCUT2D eigenvalue weighted by atomic mass is 9.46. The van der Waals surface area contributed by atoms with Crippen LogP contribution >= 0.6 is 0 Å². The Balaban J connectivity index is 1.61. The molecular weight excluding hydrogens is 260 g/mol. The minimum atomic E-state index is -0.0218. The third-order valence-electron chi connectivity index (χ3n) is 8.06. The van der Waals surface area contributed by atoms with Gasteiger partial charge >= 0.3 is 0 Å². The first kappa shape index (κ1) is 14.5. The van der Waals surface area contributed by atoms with E-state index in [-0.39, 0.29) is 11.7 Å². The Morgan fingerprint density at radius 2 is 1.81 bits per heavy atom. The van der Waals surface area contributed by atoms with Crippen LogP contribution in [0, 0.1) is 29.1 Å². The first-order chi connectivity index (χ1) is 10.0. The summed E-state index contributed by atoms with van der Waals surface area (Å²) in [5, 5.41) is 10.1. The molecular formula is C19H32O2. The van der Waals surface area contributed by atoms with E-state index in [0.29, 0.717) is 5.41 Å². The van der Waals surface area contributed by atoms with Gasteiger partial charge in [0.25, 0.3) is 0 Å². The van der Waals surface area contributed by atoms with Gasteiger partial charge < -0.3 is 9.84 Å². The quantitative estimate of drug-likeness (QED) is 0.726. The van der Waals surface area contributed by atoms with E-state index in [1.807, 2.05) is 0 Å². The molecule has 1 heterocycles. The Morgan fingerprint density at radius 3 is 2.67 bits per heavy atom. The minimum Gasteiger partial charge on any atom is -0.393 e. The van der Waals surface area contributed by atoms with Crippen LogP contribution in [0.2, 0.25) is 0 Å². The Labute approximate surface area is 129 Å². The predicted octanol–water partition coefficient (Wildman–Crippen LogP) is 4.16. The molecule has 0 bridgehead atoms. The maximum Gasteiger partial charge on any atom is 0.0685 e. The first-order valence-electron chi connectivity index (χ1n) is 9.35. The lowest BCUT2D eigenvalue weighted by molar-refractivity contribution is -0.195. The lowest BCUT2D eigenvalue weighted by Gasteiger charge is -2.62. The third kappa shape index (κ3) is 2.12. The summed E-state index contributed by atoms with van der Waals surface area (Å²) in [6, 6.07) is 0. The summed E-state index contributed by atoms with van der Waals surface area (Å²) in [7, 11) is 0. The molecule has 0 spiro atoms. The van der Waals surface area contributed by atoms with Crippen molar-refractivity contribution < 1.29 is 9.84 Å². The molecule has 0 amide bonds. The fourth-order valence-electron chi connectivity index (χ4n) is 6.83. The highest BCUT2D eigenvalue weighted by Gasteiger charge is 2.57. The van der Waals surface area contributed by atoms with E-state index in [4.69, 9.17) is 4.74 Å². The van der Waals surface area contributed by atoms with Gasteiger partial charge in [0.05, 0.1) is 11.7 Å². The maximum absolute atomic E-state index is 10.1. The average molecular weight is 292 g/mol. The van der Waals surface area contributed by atoms with E-state index in [0.717, 1.165) is 43.1 Å². The molecule has 0 aromatic rings. The Kier molecular flexibility index (Phi) is 3.43. The van der Waals surface area contributed by atoms with Crippen LogP contribution in [0.4, 0.5) is 0 Å². The largest absolute Gasteiger partial charge is 0.393 e. The van der Waals surface area contributed by atoms with Gasteiger partial charge in [0.15, 0.2) is 0 Å². The van der Waals surface area contributed by atoms with Crippen LogP contribution in [0.25, 0.3) is 0 Å². The molecule has 2 nitrogen and oxygen atoms in total. The Hall–Kier alpha value is -0.0800. The number of ether oxygens (including phenoxy) is 1. The fourth-order valence-corrected chi connectivity index (χ4v) is 6.83. The molecule has 4 aliphatic rings. The molecule has 3 aliphatic carbocycles. The van der Waals surface area contributed by atoms with Crippen molar-refractivity contribution in [3.63, 3.8) is 0 Å². The van der Waals surface area contributed by atoms with Gasteiger partial charge in [0.2, 0.25) is 0 Å². The summed E-state index contributed by atoms with van der Waals surface area (Å²) in [6.45, 7) is 5.94. The number of rotatable bonds is 0. The van der Waals surface area contributed by atoms with Gasteiger partial charge in [0, 0.05) is 6.61 Å². The molecule has 4 rings (SSSR count). The molecule has 0 aromatic carbocycles. The topological polar surface area (TPSA) is 29.5 Å². The average Bonchev–Trinajstić information content (AvgIpc) is 2.47. The molecule has 0 unspecified atom stereocenters. The number of aliphatic hydroxyl groups excluding tert-OH is 1. The van der Waals surface area contributed by atoms with E-state index in [1.165, 1.54) is 44.9 Å². The Bertz CT molecular complexity index is 408. The standard InChI is InChI=1S/C19H32O2/c1-18-9-7-14(20)12-13(18)5-6-15-16(18)8-10-19(2)17(15)4-3-11-21-19/h13-17,20H,3-12H2,1-2H3/t13-,14+,15+,16-,17+,18-,19+/m0/s1. The molecule has 120 valence electrons. The lowest BCUT2D eigenvalue weighted by Crippen LogP contribution is -2.58. The molecule has 2 heteroatoms. The third-order valence-corrected chi connectivity index (χ3v) is 8.06. The van der Waals surface area contributed by atoms with Crippen molar-refractivity contribution >= 4 is 0 Å². The number of hydrogen-bond donors (Lipinski definition) is 1. The molecule has 3 saturated carbocycles. The van der Waals surface area contributed by atoms with Gasteiger partial charge in [-0.2, -0.15) is 0 Å². The number of aliphatic hydroxyl groups is 1. The maximum atomic E-state index is 10.1. The van der Waals surface area contributed by atoms with Crippen molar-refractivity contribution in [3.05, 3.63) is 0 Å². The van der Waals surface area contributed by atoms with Crippen molar-refractivity contribution in [2.75, 3.05) is 6.61 Å². The number of fused-ring (bicyclic) bond motifs is 5. The second kappa shape index (κ2) is 4.96. The first-order valence-corrected chi connectivity index (χ1v) is 9.35. The van der Waals surface area contributed by atoms with Gasteiger partial charge in [0.1, 0.15) is 0 Å². The molecule has 1 N–H and O–H groups in total. The number of hydrogen-bond acceptors (Lipinski definition) is 2. The van der Waals surface area contributed by atoms with E-state index in [1.54, 1.807) is 0 Å². The van der Waals surface area contributed by atoms with E-state index < -0.39 is 0 Å². The molecule has 1 saturated heterocycles. The van der Waals surface area contributed by atoms with Gasteiger partial charge in [-0.3, -0.25) is 0 Å². The summed E-state index contributed by atoms with van der Waals surface area (Å²) in [5.74, 6) is 3.36. The Morgan fingerprint density at radius 1 is 0.952 bits per heavy atom. The molecule has 21 heavy (non-hydrogen) atoms. The van der Waals surface area contributed by atoms with E-state index in [2.05, 4.69) is 13.8 Å². The van der Waals surface area contributed by atoms with Crippen LogP contribution in [-0.4, -0.2) is 23.4 Å². The van der Waals surface area contributed by atoms with Crippen LogP contribution in [0.3, 0.4) is 0 Å². The molecule has 7 atom stereocenters. The highest BCUT2D eigenvalue weighted by atomic mass is 16.5. The molecule has 1 aliphatic heterocycles. The zero-order valence-corrected chi connectivity index (χ0v) is 13.8. The van der Waals surface area contributed by atoms with Crippen LogP contribution in [0.1, 0.15) is 71.6 Å². The second-order valence-corrected chi connectivity index (χ2v) is 8.93. The smallest absolute Gasteiger partial charge is 0.0685 e. The highest BCUT2D eigenvalue weighted by Crippen LogP contribution is 2.63. The van der Waals surface area contributed by atoms with E-state index >= 15 is 0 Å². The van der Waals surface area contributed by atoms with Gasteiger partial charge in [-0.25, -0.2) is 0 Å². The van der Waals surface area contributed by atoms with Crippen LogP contribution in [-0.2, 0) is 4.74 Å². The van der Waals surface area contributed by atoms with Crippen LogP contribution in [0.15, 0.2) is 0 Å². The van der Waals surface area contributed by atoms with Crippen molar-refractivity contribution in [2.24, 2.45) is 29.1 Å². The minimum absolute atomic E-state index is 0.0218. The second-order valence-electron chi connectivity index (χ2n) is 8.93. The summed E-state index contributed by atoms with van der Waals surface area (Å²) in [5.41, 5.74) is 0.678. The summed E-state index contributed by atoms with van der Waals surface area (Å²) in [4.78, 5) is 0. The normalized spacial score (nSPS) is 57.0. The van der Waals surface area contributed by atoms with Crippen molar-refractivity contribution in [1.29, 1.82) is 0 Å². The zero-order chi connectivity index (χ0) is 14.7. The summed E-state index contributed by atoms with van der Waals surface area (Å²) in [6.07, 6.45) is 11.4. The molecule has 4 fully saturated rings. The van der Waals surface area contributed by atoms with Gasteiger partial charge in [-0.15, -0.1) is 0 Å². The molecule has 0 aromatic heterocycles. The summed E-state index contributed by atoms with van der Waals surface area (Å²) < 4.78 is 6.26. The van der Waals surface area contributed by atoms with Crippen LogP contribution in [0.5, 0.6) is 0 Å². The van der Waals surface area contributed by atoms with Gasteiger partial charge in [-0.1, -0.05) is 6.92 Å². The SMILES string of the molecule is C[C@]12CC[C@@H](O)C[C@@H]1CC[C@H]1[C@H]3CCCO[C@]3(C)CC[C@@H]12. The van der Waals surface area contributed by atoms with Crippen molar-refractivity contribution in [1.82, 2.24) is 0 Å². The van der Waals surface area contributed by atoms with Crippen molar-refractivity contribution in [3.8, 4) is 0 Å². The molecule has 0 radical (unpaired) electrons. The fraction of sp³-hybridized carbons (Fsp3) is 1.00. The zero-order valence-electron chi connectivity index (χ0n) is 13.8. The van der Waals surface area contributed by atoms with Gasteiger partial charge in [-0.05, 0) is 93.8 Å². The van der Waals surface area contributed by atoms with E-state index in [9.17, 15) is 5.11 Å². The predicted molar refractivity (Wildman–Crippen MR) is 84.0 cm³/mol. The monoisotopic (exact) mass is 292 g/mol.